The lowest BCUT2D eigenvalue weighted by atomic mass is 9.46. The molecule has 3 heteroatoms. The predicted octanol–water partition coefficient (Wildman–Crippen LogP) is 5.09. The molecule has 0 heterocycles. The van der Waals surface area contributed by atoms with Crippen molar-refractivity contribution in [3.63, 3.8) is 0 Å². The molecule has 0 aromatic rings. The molecule has 4 rings (SSSR count). The number of Topliss-reactive ketones (excluding diaryl/α,β-unsaturated/α-hetero) is 1. The van der Waals surface area contributed by atoms with Gasteiger partial charge in [0.05, 0.1) is 0 Å². The van der Waals surface area contributed by atoms with Crippen LogP contribution in [0.2, 0.25) is 0 Å². The normalized spacial score (nSPS) is 47.2. The number of hydrogen-bond acceptors (Lipinski definition) is 3. The second-order valence-electron chi connectivity index (χ2n) is 10.0. The van der Waals surface area contributed by atoms with Crippen LogP contribution in [0.3, 0.4) is 0 Å². The lowest BCUT2D eigenvalue weighted by Gasteiger charge is -2.59. The summed E-state index contributed by atoms with van der Waals surface area (Å²) in [5.74, 6) is 2.54. The summed E-state index contributed by atoms with van der Waals surface area (Å²) in [7, 11) is 0. The molecule has 0 amide bonds. The van der Waals surface area contributed by atoms with Gasteiger partial charge in [0.25, 0.3) is 0 Å². The van der Waals surface area contributed by atoms with E-state index >= 15 is 0 Å². The molecule has 26 heavy (non-hydrogen) atoms. The first-order valence-electron chi connectivity index (χ1n) is 10.6. The van der Waals surface area contributed by atoms with Gasteiger partial charge in [0.2, 0.25) is 0 Å². The maximum Gasteiger partial charge on any atom is 0.302 e. The van der Waals surface area contributed by atoms with Gasteiger partial charge in [-0.1, -0.05) is 25.5 Å². The zero-order valence-electron chi connectivity index (χ0n) is 16.8. The minimum Gasteiger partial charge on any atom is -0.463 e. The molecule has 0 N–H and O–H groups in total. The van der Waals surface area contributed by atoms with Crippen molar-refractivity contribution >= 4 is 11.8 Å². The van der Waals surface area contributed by atoms with Gasteiger partial charge in [-0.25, -0.2) is 0 Å². The van der Waals surface area contributed by atoms with E-state index in [1.807, 2.05) is 0 Å². The van der Waals surface area contributed by atoms with Crippen molar-refractivity contribution < 1.29 is 14.3 Å². The van der Waals surface area contributed by atoms with Crippen molar-refractivity contribution in [1.82, 2.24) is 0 Å². The molecule has 0 saturated heterocycles. The molecule has 7 atom stereocenters. The van der Waals surface area contributed by atoms with Gasteiger partial charge in [-0.15, -0.1) is 0 Å². The average Bonchev–Trinajstić information content (AvgIpc) is 2.92. The number of ether oxygens (including phenoxy) is 1. The smallest absolute Gasteiger partial charge is 0.302 e. The van der Waals surface area contributed by atoms with Gasteiger partial charge in [-0.2, -0.15) is 0 Å². The summed E-state index contributed by atoms with van der Waals surface area (Å²) in [4.78, 5) is 23.6. The van der Waals surface area contributed by atoms with E-state index in [0.29, 0.717) is 23.0 Å². The number of carbonyl (C=O) groups is 2. The van der Waals surface area contributed by atoms with Crippen molar-refractivity contribution in [2.75, 3.05) is 0 Å². The molecule has 3 fully saturated rings. The molecule has 0 aromatic carbocycles. The van der Waals surface area contributed by atoms with Gasteiger partial charge in [0, 0.05) is 12.8 Å². The highest BCUT2D eigenvalue weighted by Gasteiger charge is 2.58. The fourth-order valence-corrected chi connectivity index (χ4v) is 7.51. The standard InChI is InChI=1S/C23H34O3/c1-14(24)19-7-8-20-18-6-5-16-13-17(26-15(2)25)9-11-22(16,3)21(18)10-12-23(19,20)4/h8,16-19,21H,5-7,9-13H2,1-4H3/t16-,17-,18-,19+,21-,22-,23+/m0/s1. The summed E-state index contributed by atoms with van der Waals surface area (Å²) < 4.78 is 5.56. The Hall–Kier alpha value is -1.12. The molecule has 3 saturated carbocycles. The Labute approximate surface area is 157 Å². The Bertz CT molecular complexity index is 650. The average molecular weight is 359 g/mol. The summed E-state index contributed by atoms with van der Waals surface area (Å²) in [6, 6.07) is 0. The first-order chi connectivity index (χ1) is 12.3. The summed E-state index contributed by atoms with van der Waals surface area (Å²) in [6.45, 7) is 8.19. The van der Waals surface area contributed by atoms with Crippen LogP contribution in [0.5, 0.6) is 0 Å². The van der Waals surface area contributed by atoms with E-state index in [0.717, 1.165) is 25.2 Å². The van der Waals surface area contributed by atoms with Crippen LogP contribution in [-0.2, 0) is 14.3 Å². The van der Waals surface area contributed by atoms with Gasteiger partial charge >= 0.3 is 5.97 Å². The SMILES string of the molecule is CC(=O)O[C@H]1CC[C@@]2(C)[C@@H](CC[C@H]3C4=CC[C@H](C(C)=O)[C@@]4(C)CC[C@@H]32)C1. The number of fused-ring (bicyclic) bond motifs is 5. The van der Waals surface area contributed by atoms with Crippen molar-refractivity contribution in [3.8, 4) is 0 Å². The first-order valence-corrected chi connectivity index (χ1v) is 10.6. The molecule has 3 nitrogen and oxygen atoms in total. The van der Waals surface area contributed by atoms with Crippen LogP contribution in [0.1, 0.15) is 79.1 Å². The minimum absolute atomic E-state index is 0.116. The van der Waals surface area contributed by atoms with E-state index in [1.54, 1.807) is 12.5 Å². The van der Waals surface area contributed by atoms with Crippen molar-refractivity contribution in [1.29, 1.82) is 0 Å². The topological polar surface area (TPSA) is 43.4 Å². The van der Waals surface area contributed by atoms with Crippen LogP contribution in [0.4, 0.5) is 0 Å². The molecule has 4 aliphatic carbocycles. The Morgan fingerprint density at radius 2 is 1.85 bits per heavy atom. The highest BCUT2D eigenvalue weighted by atomic mass is 16.5. The summed E-state index contributed by atoms with van der Waals surface area (Å²) in [5, 5.41) is 0. The largest absolute Gasteiger partial charge is 0.463 e. The maximum atomic E-state index is 12.2. The van der Waals surface area contributed by atoms with E-state index in [2.05, 4.69) is 19.9 Å². The molecule has 0 spiro atoms. The number of ketones is 1. The number of allylic oxidation sites excluding steroid dienone is 2. The number of esters is 1. The molecule has 4 aliphatic rings. The molecule has 0 aliphatic heterocycles. The minimum atomic E-state index is -0.132. The highest BCUT2D eigenvalue weighted by molar-refractivity contribution is 5.80. The van der Waals surface area contributed by atoms with Crippen LogP contribution >= 0.6 is 0 Å². The lowest BCUT2D eigenvalue weighted by Crippen LogP contribution is -2.52. The van der Waals surface area contributed by atoms with Gasteiger partial charge < -0.3 is 4.74 Å². The first kappa shape index (κ1) is 18.3. The summed E-state index contributed by atoms with van der Waals surface area (Å²) in [6.07, 6.45) is 11.7. The van der Waals surface area contributed by atoms with E-state index in [-0.39, 0.29) is 23.4 Å². The Balaban J connectivity index is 1.56. The number of hydrogen-bond donors (Lipinski definition) is 0. The van der Waals surface area contributed by atoms with Crippen LogP contribution in [0.15, 0.2) is 11.6 Å². The van der Waals surface area contributed by atoms with E-state index in [4.69, 9.17) is 4.74 Å². The molecule has 0 radical (unpaired) electrons. The van der Waals surface area contributed by atoms with E-state index in [1.165, 1.54) is 39.0 Å². The molecule has 144 valence electrons. The highest BCUT2D eigenvalue weighted by Crippen LogP contribution is 2.66. The van der Waals surface area contributed by atoms with Crippen LogP contribution in [-0.4, -0.2) is 17.9 Å². The molecular formula is C23H34O3. The van der Waals surface area contributed by atoms with Crippen LogP contribution in [0, 0.1) is 34.5 Å². The third-order valence-corrected chi connectivity index (χ3v) is 8.84. The molecule has 0 unspecified atom stereocenters. The van der Waals surface area contributed by atoms with Gasteiger partial charge in [-0.05, 0) is 86.9 Å². The molecule has 0 bridgehead atoms. The van der Waals surface area contributed by atoms with Crippen molar-refractivity contribution in [2.45, 2.75) is 85.2 Å². The summed E-state index contributed by atoms with van der Waals surface area (Å²) in [5.41, 5.74) is 2.11. The van der Waals surface area contributed by atoms with E-state index in [9.17, 15) is 9.59 Å². The Morgan fingerprint density at radius 3 is 2.54 bits per heavy atom. The molecule has 0 aromatic heterocycles. The second-order valence-corrected chi connectivity index (χ2v) is 10.0. The predicted molar refractivity (Wildman–Crippen MR) is 101 cm³/mol. The Kier molecular flexibility index (Phi) is 4.36. The number of carbonyl (C=O) groups excluding carboxylic acids is 2. The quantitative estimate of drug-likeness (QED) is 0.510. The lowest BCUT2D eigenvalue weighted by molar-refractivity contribution is -0.155. The summed E-state index contributed by atoms with van der Waals surface area (Å²) >= 11 is 0. The van der Waals surface area contributed by atoms with Crippen molar-refractivity contribution in [2.24, 2.45) is 34.5 Å². The monoisotopic (exact) mass is 358 g/mol. The zero-order chi connectivity index (χ0) is 18.7. The Morgan fingerprint density at radius 1 is 1.08 bits per heavy atom. The van der Waals surface area contributed by atoms with Gasteiger partial charge in [-0.3, -0.25) is 9.59 Å². The van der Waals surface area contributed by atoms with E-state index < -0.39 is 0 Å². The van der Waals surface area contributed by atoms with Gasteiger partial charge in [0.1, 0.15) is 11.9 Å². The third-order valence-electron chi connectivity index (χ3n) is 8.84. The van der Waals surface area contributed by atoms with Gasteiger partial charge in [0.15, 0.2) is 0 Å². The van der Waals surface area contributed by atoms with Crippen LogP contribution in [0.25, 0.3) is 0 Å². The van der Waals surface area contributed by atoms with Crippen LogP contribution < -0.4 is 0 Å². The maximum absolute atomic E-state index is 12.2. The second kappa shape index (κ2) is 6.21. The third kappa shape index (κ3) is 2.60. The zero-order valence-corrected chi connectivity index (χ0v) is 16.8. The fourth-order valence-electron chi connectivity index (χ4n) is 7.51. The van der Waals surface area contributed by atoms with Crippen molar-refractivity contribution in [3.05, 3.63) is 11.6 Å². The fraction of sp³-hybridized carbons (Fsp3) is 0.826. The molecular weight excluding hydrogens is 324 g/mol. The number of rotatable bonds is 2.